The van der Waals surface area contributed by atoms with E-state index in [2.05, 4.69) is 0 Å². The van der Waals surface area contributed by atoms with Crippen molar-refractivity contribution < 1.29 is 23.2 Å². The van der Waals surface area contributed by atoms with Crippen molar-refractivity contribution in [1.82, 2.24) is 0 Å². The Morgan fingerprint density at radius 1 is 0.727 bits per heavy atom. The lowest BCUT2D eigenvalue weighted by Crippen LogP contribution is -2.13. The van der Waals surface area contributed by atoms with Crippen molar-refractivity contribution in [2.75, 3.05) is 0 Å². The third-order valence-corrected chi connectivity index (χ3v) is 3.01. The van der Waals surface area contributed by atoms with Crippen LogP contribution in [0, 0.1) is 11.6 Å². The van der Waals surface area contributed by atoms with Crippen LogP contribution in [0.25, 0.3) is 0 Å². The van der Waals surface area contributed by atoms with Crippen LogP contribution >= 0.6 is 0 Å². The number of carbonyl (C=O) groups excluding carboxylic acids is 3. The molecule has 0 saturated heterocycles. The summed E-state index contributed by atoms with van der Waals surface area (Å²) in [6.45, 7) is 0. The lowest BCUT2D eigenvalue weighted by molar-refractivity contribution is -0.117. The molecule has 112 valence electrons. The van der Waals surface area contributed by atoms with E-state index in [1.807, 2.05) is 0 Å². The van der Waals surface area contributed by atoms with Crippen LogP contribution in [0.3, 0.4) is 0 Å². The average Bonchev–Trinajstić information content (AvgIpc) is 2.47. The Balaban J connectivity index is 1.98. The van der Waals surface area contributed by atoms with Crippen molar-refractivity contribution in [2.45, 2.75) is 12.8 Å². The fraction of sp³-hybridized carbons (Fsp3) is 0.118. The van der Waals surface area contributed by atoms with E-state index < -0.39 is 41.8 Å². The molecular weight excluding hydrogens is 290 g/mol. The Hall–Kier alpha value is -2.69. The topological polar surface area (TPSA) is 51.2 Å². The highest BCUT2D eigenvalue weighted by Gasteiger charge is 2.17. The Morgan fingerprint density at radius 2 is 1.14 bits per heavy atom. The zero-order valence-electron chi connectivity index (χ0n) is 11.5. The summed E-state index contributed by atoms with van der Waals surface area (Å²) >= 11 is 0. The number of ketones is 3. The fourth-order valence-electron chi connectivity index (χ4n) is 1.95. The average molecular weight is 302 g/mol. The second kappa shape index (κ2) is 6.85. The summed E-state index contributed by atoms with van der Waals surface area (Å²) in [6.07, 6.45) is -0.991. The minimum absolute atomic E-state index is 0.0755. The van der Waals surface area contributed by atoms with Crippen LogP contribution < -0.4 is 0 Å². The number of carbonyl (C=O) groups is 3. The highest BCUT2D eigenvalue weighted by atomic mass is 19.1. The maximum Gasteiger partial charge on any atom is 0.170 e. The molecule has 0 atom stereocenters. The third kappa shape index (κ3) is 4.15. The van der Waals surface area contributed by atoms with Crippen LogP contribution in [0.4, 0.5) is 8.78 Å². The molecule has 0 aliphatic rings. The largest absolute Gasteiger partial charge is 0.299 e. The molecule has 0 unspecified atom stereocenters. The van der Waals surface area contributed by atoms with E-state index in [-0.39, 0.29) is 11.1 Å². The van der Waals surface area contributed by atoms with Gasteiger partial charge in [0.2, 0.25) is 0 Å². The Kier molecular flexibility index (Phi) is 4.88. The summed E-state index contributed by atoms with van der Waals surface area (Å²) in [5, 5.41) is 0. The molecule has 2 aromatic rings. The van der Waals surface area contributed by atoms with Gasteiger partial charge in [-0.05, 0) is 24.3 Å². The van der Waals surface area contributed by atoms with Gasteiger partial charge in [0.1, 0.15) is 17.4 Å². The summed E-state index contributed by atoms with van der Waals surface area (Å²) in [5.41, 5.74) is 0.151. The predicted molar refractivity (Wildman–Crippen MR) is 75.7 cm³/mol. The van der Waals surface area contributed by atoms with Crippen LogP contribution in [0.5, 0.6) is 0 Å². The molecule has 0 radical (unpaired) electrons. The molecule has 0 aliphatic carbocycles. The summed E-state index contributed by atoms with van der Waals surface area (Å²) < 4.78 is 26.0. The maximum atomic E-state index is 13.0. The standard InChI is InChI=1S/C17H12F2O3/c18-13-5-1-3-11(7-13)16(21)9-15(20)10-17(22)12-4-2-6-14(19)8-12/h1-8H,9-10H2. The summed E-state index contributed by atoms with van der Waals surface area (Å²) in [7, 11) is 0. The van der Waals surface area contributed by atoms with Crippen molar-refractivity contribution in [3.05, 3.63) is 71.3 Å². The first-order valence-corrected chi connectivity index (χ1v) is 6.55. The van der Waals surface area contributed by atoms with Gasteiger partial charge < -0.3 is 0 Å². The van der Waals surface area contributed by atoms with Gasteiger partial charge in [0.15, 0.2) is 11.6 Å². The Labute approximate surface area is 125 Å². The quantitative estimate of drug-likeness (QED) is 0.607. The van der Waals surface area contributed by atoms with Crippen molar-refractivity contribution >= 4 is 17.3 Å². The normalized spacial score (nSPS) is 10.3. The zero-order valence-corrected chi connectivity index (χ0v) is 11.5. The van der Waals surface area contributed by atoms with Crippen LogP contribution in [0.15, 0.2) is 48.5 Å². The minimum Gasteiger partial charge on any atom is -0.299 e. The molecule has 0 N–H and O–H groups in total. The van der Waals surface area contributed by atoms with Crippen LogP contribution in [-0.4, -0.2) is 17.3 Å². The SMILES string of the molecule is O=C(CC(=O)c1cccc(F)c1)CC(=O)c1cccc(F)c1. The van der Waals surface area contributed by atoms with Crippen molar-refractivity contribution in [3.63, 3.8) is 0 Å². The molecule has 0 heterocycles. The van der Waals surface area contributed by atoms with Crippen LogP contribution in [-0.2, 0) is 4.79 Å². The molecule has 3 nitrogen and oxygen atoms in total. The van der Waals surface area contributed by atoms with Gasteiger partial charge in [-0.25, -0.2) is 8.78 Å². The van der Waals surface area contributed by atoms with Crippen LogP contribution in [0.2, 0.25) is 0 Å². The molecule has 22 heavy (non-hydrogen) atoms. The molecule has 0 fully saturated rings. The number of hydrogen-bond donors (Lipinski definition) is 0. The number of benzene rings is 2. The van der Waals surface area contributed by atoms with Gasteiger partial charge in [0.25, 0.3) is 0 Å². The molecule has 0 saturated carbocycles. The second-order valence-corrected chi connectivity index (χ2v) is 4.76. The van der Waals surface area contributed by atoms with E-state index in [1.165, 1.54) is 36.4 Å². The monoisotopic (exact) mass is 302 g/mol. The molecule has 0 amide bonds. The van der Waals surface area contributed by atoms with E-state index in [0.29, 0.717) is 0 Å². The summed E-state index contributed by atoms with van der Waals surface area (Å²) in [4.78, 5) is 35.4. The number of halogens is 2. The first-order valence-electron chi connectivity index (χ1n) is 6.55. The number of rotatable bonds is 6. The molecule has 0 bridgehead atoms. The number of Topliss-reactive ketones (excluding diaryl/α,β-unsaturated/α-hetero) is 3. The number of hydrogen-bond acceptors (Lipinski definition) is 3. The van der Waals surface area contributed by atoms with E-state index in [1.54, 1.807) is 0 Å². The predicted octanol–water partition coefficient (Wildman–Crippen LogP) is 3.38. The minimum atomic E-state index is -0.594. The first-order chi connectivity index (χ1) is 10.5. The Morgan fingerprint density at radius 3 is 1.50 bits per heavy atom. The zero-order chi connectivity index (χ0) is 16.1. The molecule has 0 aliphatic heterocycles. The molecule has 2 aromatic carbocycles. The van der Waals surface area contributed by atoms with Gasteiger partial charge in [-0.15, -0.1) is 0 Å². The van der Waals surface area contributed by atoms with E-state index in [0.717, 1.165) is 12.1 Å². The van der Waals surface area contributed by atoms with E-state index in [9.17, 15) is 23.2 Å². The van der Waals surface area contributed by atoms with Gasteiger partial charge >= 0.3 is 0 Å². The van der Waals surface area contributed by atoms with Gasteiger partial charge in [-0.1, -0.05) is 24.3 Å². The molecule has 0 aromatic heterocycles. The highest BCUT2D eigenvalue weighted by molar-refractivity contribution is 6.15. The first kappa shape index (κ1) is 15.7. The van der Waals surface area contributed by atoms with E-state index >= 15 is 0 Å². The van der Waals surface area contributed by atoms with Gasteiger partial charge in [0.05, 0.1) is 12.8 Å². The lowest BCUT2D eigenvalue weighted by atomic mass is 10.0. The third-order valence-electron chi connectivity index (χ3n) is 3.01. The second-order valence-electron chi connectivity index (χ2n) is 4.76. The van der Waals surface area contributed by atoms with Crippen molar-refractivity contribution in [1.29, 1.82) is 0 Å². The van der Waals surface area contributed by atoms with E-state index in [4.69, 9.17) is 0 Å². The molecule has 2 rings (SSSR count). The highest BCUT2D eigenvalue weighted by Crippen LogP contribution is 2.10. The van der Waals surface area contributed by atoms with Gasteiger partial charge in [-0.2, -0.15) is 0 Å². The Bertz CT molecular complexity index is 677. The molecule has 0 spiro atoms. The van der Waals surface area contributed by atoms with Crippen molar-refractivity contribution in [3.8, 4) is 0 Å². The molecule has 5 heteroatoms. The van der Waals surface area contributed by atoms with Gasteiger partial charge in [0, 0.05) is 11.1 Å². The van der Waals surface area contributed by atoms with Crippen molar-refractivity contribution in [2.24, 2.45) is 0 Å². The smallest absolute Gasteiger partial charge is 0.170 e. The summed E-state index contributed by atoms with van der Waals surface area (Å²) in [6, 6.07) is 9.96. The van der Waals surface area contributed by atoms with Gasteiger partial charge in [-0.3, -0.25) is 14.4 Å². The molecular formula is C17H12F2O3. The summed E-state index contributed by atoms with van der Waals surface area (Å²) in [5.74, 6) is -2.86. The fourth-order valence-corrected chi connectivity index (χ4v) is 1.95. The lowest BCUT2D eigenvalue weighted by Gasteiger charge is -2.02. The maximum absolute atomic E-state index is 13.0. The van der Waals surface area contributed by atoms with Crippen LogP contribution in [0.1, 0.15) is 33.6 Å².